The van der Waals surface area contributed by atoms with Crippen LogP contribution >= 0.6 is 12.2 Å². The zero-order valence-corrected chi connectivity index (χ0v) is 14.9. The monoisotopic (exact) mass is 391 g/mol. The van der Waals surface area contributed by atoms with Crippen molar-refractivity contribution in [1.82, 2.24) is 10.2 Å². The summed E-state index contributed by atoms with van der Waals surface area (Å²) in [6.07, 6.45) is 1.50. The third-order valence-electron chi connectivity index (χ3n) is 3.74. The molecule has 1 aromatic carbocycles. The third kappa shape index (κ3) is 3.95. The summed E-state index contributed by atoms with van der Waals surface area (Å²) < 4.78 is 24.2. The van der Waals surface area contributed by atoms with E-state index in [9.17, 15) is 19.3 Å². The molecule has 1 fully saturated rings. The molecule has 0 bridgehead atoms. The standard InChI is InChI=1S/C17H14FN3O5S/c1-2-20-16(22)13(19-17(20)27)8-11-4-5-12(26-11)9-25-15-7-10(18)3-6-14(15)21(23)24/h3-8H,2,9H2,1H3,(H,19,27)/b13-8+. The maximum Gasteiger partial charge on any atom is 0.311 e. The quantitative estimate of drug-likeness (QED) is 0.350. The molecule has 27 heavy (non-hydrogen) atoms. The van der Waals surface area contributed by atoms with E-state index < -0.39 is 10.7 Å². The Morgan fingerprint density at radius 2 is 2.19 bits per heavy atom. The minimum absolute atomic E-state index is 0.145. The van der Waals surface area contributed by atoms with Gasteiger partial charge < -0.3 is 14.5 Å². The second-order valence-electron chi connectivity index (χ2n) is 5.50. The van der Waals surface area contributed by atoms with E-state index >= 15 is 0 Å². The first kappa shape index (κ1) is 18.5. The average molecular weight is 391 g/mol. The summed E-state index contributed by atoms with van der Waals surface area (Å²) >= 11 is 5.07. The molecule has 2 aromatic rings. The first-order chi connectivity index (χ1) is 12.9. The summed E-state index contributed by atoms with van der Waals surface area (Å²) in [6.45, 7) is 2.11. The van der Waals surface area contributed by atoms with Crippen molar-refractivity contribution in [2.45, 2.75) is 13.5 Å². The first-order valence-corrected chi connectivity index (χ1v) is 8.30. The summed E-state index contributed by atoms with van der Waals surface area (Å²) in [5, 5.41) is 14.1. The zero-order valence-electron chi connectivity index (χ0n) is 14.1. The molecule has 1 saturated heterocycles. The number of amides is 1. The van der Waals surface area contributed by atoms with Gasteiger partial charge in [-0.1, -0.05) is 0 Å². The van der Waals surface area contributed by atoms with Gasteiger partial charge in [-0.3, -0.25) is 19.8 Å². The lowest BCUT2D eigenvalue weighted by molar-refractivity contribution is -0.386. The molecule has 0 spiro atoms. The van der Waals surface area contributed by atoms with Gasteiger partial charge in [0.15, 0.2) is 10.9 Å². The lowest BCUT2D eigenvalue weighted by Gasteiger charge is -2.08. The summed E-state index contributed by atoms with van der Waals surface area (Å²) in [5.41, 5.74) is -0.0661. The predicted octanol–water partition coefficient (Wildman–Crippen LogP) is 2.98. The second kappa shape index (κ2) is 7.54. The van der Waals surface area contributed by atoms with Crippen molar-refractivity contribution in [3.8, 4) is 5.75 Å². The molecule has 1 aliphatic heterocycles. The Labute approximate surface area is 158 Å². The molecule has 1 N–H and O–H groups in total. The lowest BCUT2D eigenvalue weighted by atomic mass is 10.3. The average Bonchev–Trinajstić information content (AvgIpc) is 3.17. The molecule has 1 aromatic heterocycles. The van der Waals surface area contributed by atoms with Crippen LogP contribution in [0.25, 0.3) is 6.08 Å². The molecule has 10 heteroatoms. The van der Waals surface area contributed by atoms with E-state index in [0.717, 1.165) is 18.2 Å². The Bertz CT molecular complexity index is 956. The molecule has 1 aliphatic rings. The molecule has 2 heterocycles. The van der Waals surface area contributed by atoms with Gasteiger partial charge in [-0.15, -0.1) is 0 Å². The fraction of sp³-hybridized carbons (Fsp3) is 0.176. The molecular weight excluding hydrogens is 377 g/mol. The predicted molar refractivity (Wildman–Crippen MR) is 97.2 cm³/mol. The normalized spacial score (nSPS) is 15.3. The van der Waals surface area contributed by atoms with E-state index in [2.05, 4.69) is 5.32 Å². The SMILES string of the molecule is CCN1C(=O)/C(=C\c2ccc(COc3cc(F)ccc3[N+](=O)[O-])o2)NC1=S. The number of nitrogens with zero attached hydrogens (tertiary/aromatic N) is 2. The number of nitro groups is 1. The number of rotatable bonds is 6. The Morgan fingerprint density at radius 1 is 1.41 bits per heavy atom. The van der Waals surface area contributed by atoms with E-state index in [4.69, 9.17) is 21.4 Å². The number of carbonyl (C=O) groups is 1. The van der Waals surface area contributed by atoms with E-state index in [1.54, 1.807) is 12.1 Å². The van der Waals surface area contributed by atoms with Crippen LogP contribution in [0.15, 0.2) is 40.4 Å². The lowest BCUT2D eigenvalue weighted by Crippen LogP contribution is -2.30. The van der Waals surface area contributed by atoms with Crippen molar-refractivity contribution in [2.75, 3.05) is 6.54 Å². The van der Waals surface area contributed by atoms with Crippen LogP contribution in [0.2, 0.25) is 0 Å². The molecule has 0 unspecified atom stereocenters. The van der Waals surface area contributed by atoms with Gasteiger partial charge in [-0.25, -0.2) is 4.39 Å². The number of nitro benzene ring substituents is 1. The molecule has 1 amide bonds. The maximum atomic E-state index is 13.3. The third-order valence-corrected chi connectivity index (χ3v) is 4.06. The van der Waals surface area contributed by atoms with Gasteiger partial charge in [0.2, 0.25) is 0 Å². The van der Waals surface area contributed by atoms with Crippen LogP contribution < -0.4 is 10.1 Å². The van der Waals surface area contributed by atoms with Crippen molar-refractivity contribution < 1.29 is 23.3 Å². The Morgan fingerprint density at radius 3 is 2.85 bits per heavy atom. The Hall–Kier alpha value is -3.27. The number of nitrogens with one attached hydrogen (secondary N) is 1. The van der Waals surface area contributed by atoms with Crippen molar-refractivity contribution >= 4 is 35.0 Å². The van der Waals surface area contributed by atoms with Crippen LogP contribution in [0.1, 0.15) is 18.4 Å². The number of ether oxygens (including phenoxy) is 1. The highest BCUT2D eigenvalue weighted by Gasteiger charge is 2.29. The van der Waals surface area contributed by atoms with Crippen molar-refractivity contribution in [2.24, 2.45) is 0 Å². The van der Waals surface area contributed by atoms with Crippen LogP contribution in [0.4, 0.5) is 10.1 Å². The highest BCUT2D eigenvalue weighted by molar-refractivity contribution is 7.80. The molecule has 0 atom stereocenters. The van der Waals surface area contributed by atoms with E-state index in [1.165, 1.54) is 11.0 Å². The van der Waals surface area contributed by atoms with Gasteiger partial charge in [-0.05, 0) is 37.3 Å². The maximum absolute atomic E-state index is 13.3. The molecule has 8 nitrogen and oxygen atoms in total. The minimum Gasteiger partial charge on any atom is -0.479 e. The summed E-state index contributed by atoms with van der Waals surface area (Å²) in [6, 6.07) is 6.15. The summed E-state index contributed by atoms with van der Waals surface area (Å²) in [7, 11) is 0. The minimum atomic E-state index is -0.660. The number of halogens is 1. The summed E-state index contributed by atoms with van der Waals surface area (Å²) in [5.74, 6) is -0.387. The second-order valence-corrected chi connectivity index (χ2v) is 5.89. The largest absolute Gasteiger partial charge is 0.479 e. The number of hydrogen-bond donors (Lipinski definition) is 1. The number of furan rings is 1. The number of hydrogen-bond acceptors (Lipinski definition) is 6. The Kier molecular flexibility index (Phi) is 5.17. The van der Waals surface area contributed by atoms with Crippen molar-refractivity contribution in [1.29, 1.82) is 0 Å². The van der Waals surface area contributed by atoms with Gasteiger partial charge in [0.25, 0.3) is 5.91 Å². The smallest absolute Gasteiger partial charge is 0.311 e. The van der Waals surface area contributed by atoms with Crippen LogP contribution in [-0.2, 0) is 11.4 Å². The molecule has 0 saturated carbocycles. The zero-order chi connectivity index (χ0) is 19.6. The highest BCUT2D eigenvalue weighted by atomic mass is 32.1. The number of thiocarbonyl (C=S) groups is 1. The fourth-order valence-electron chi connectivity index (χ4n) is 2.45. The van der Waals surface area contributed by atoms with Crippen LogP contribution in [0.5, 0.6) is 5.75 Å². The van der Waals surface area contributed by atoms with Gasteiger partial charge in [0, 0.05) is 24.8 Å². The van der Waals surface area contributed by atoms with E-state index in [1.807, 2.05) is 6.92 Å². The van der Waals surface area contributed by atoms with Gasteiger partial charge in [0.05, 0.1) is 4.92 Å². The van der Waals surface area contributed by atoms with Gasteiger partial charge in [0.1, 0.15) is 29.6 Å². The van der Waals surface area contributed by atoms with Gasteiger partial charge in [-0.2, -0.15) is 0 Å². The van der Waals surface area contributed by atoms with Crippen LogP contribution in [0, 0.1) is 15.9 Å². The van der Waals surface area contributed by atoms with Crippen molar-refractivity contribution in [3.05, 3.63) is 63.5 Å². The molecule has 3 rings (SSSR count). The summed E-state index contributed by atoms with van der Waals surface area (Å²) in [4.78, 5) is 23.9. The van der Waals surface area contributed by atoms with Crippen LogP contribution in [0.3, 0.4) is 0 Å². The molecular formula is C17H14FN3O5S. The van der Waals surface area contributed by atoms with Gasteiger partial charge >= 0.3 is 5.69 Å². The number of benzene rings is 1. The number of likely N-dealkylation sites (N-methyl/N-ethyl adjacent to an activating group) is 1. The Balaban J connectivity index is 1.72. The fourth-order valence-corrected chi connectivity index (χ4v) is 2.78. The molecule has 0 aliphatic carbocycles. The number of carbonyl (C=O) groups excluding carboxylic acids is 1. The highest BCUT2D eigenvalue weighted by Crippen LogP contribution is 2.28. The van der Waals surface area contributed by atoms with E-state index in [0.29, 0.717) is 23.2 Å². The van der Waals surface area contributed by atoms with Crippen LogP contribution in [-0.4, -0.2) is 27.4 Å². The van der Waals surface area contributed by atoms with Crippen molar-refractivity contribution in [3.63, 3.8) is 0 Å². The molecule has 0 radical (unpaired) electrons. The first-order valence-electron chi connectivity index (χ1n) is 7.89. The van der Waals surface area contributed by atoms with E-state index in [-0.39, 0.29) is 29.6 Å². The molecule has 140 valence electrons. The topological polar surface area (TPSA) is 97.9 Å².